The molecule has 4 rings (SSSR count). The predicted octanol–water partition coefficient (Wildman–Crippen LogP) is 2.79. The number of hydrogen-bond donors (Lipinski definition) is 3. The highest BCUT2D eigenvalue weighted by molar-refractivity contribution is 5.94. The molecule has 0 fully saturated rings. The molecule has 0 saturated heterocycles. The molecule has 2 atom stereocenters. The van der Waals surface area contributed by atoms with E-state index in [4.69, 9.17) is 0 Å². The fourth-order valence-electron chi connectivity index (χ4n) is 4.21. The normalized spacial score (nSPS) is 15.7. The van der Waals surface area contributed by atoms with Crippen LogP contribution < -0.4 is 21.5 Å². The lowest BCUT2D eigenvalue weighted by molar-refractivity contribution is -0.122. The number of aromatic nitrogens is 2. The van der Waals surface area contributed by atoms with Gasteiger partial charge in [0.1, 0.15) is 23.9 Å². The summed E-state index contributed by atoms with van der Waals surface area (Å²) in [6, 6.07) is 12.8. The average Bonchev–Trinajstić information content (AvgIpc) is 2.87. The first-order valence-electron chi connectivity index (χ1n) is 11.6. The van der Waals surface area contributed by atoms with Crippen LogP contribution in [0.2, 0.25) is 0 Å². The molecule has 9 heteroatoms. The van der Waals surface area contributed by atoms with Crippen molar-refractivity contribution in [3.8, 4) is 11.4 Å². The Hall–Kier alpha value is -3.85. The van der Waals surface area contributed by atoms with Crippen LogP contribution in [0.25, 0.3) is 11.4 Å². The van der Waals surface area contributed by atoms with Crippen LogP contribution in [0.15, 0.2) is 59.5 Å². The van der Waals surface area contributed by atoms with Gasteiger partial charge in [0, 0.05) is 5.56 Å². The summed E-state index contributed by atoms with van der Waals surface area (Å²) in [6.07, 6.45) is 3.98. The molecule has 35 heavy (non-hydrogen) atoms. The molecule has 3 aromatic rings. The third-order valence-electron chi connectivity index (χ3n) is 6.24. The van der Waals surface area contributed by atoms with Gasteiger partial charge in [0.15, 0.2) is 0 Å². The highest BCUT2D eigenvalue weighted by atomic mass is 19.1. The molecule has 0 unspecified atom stereocenters. The molecule has 0 aliphatic heterocycles. The van der Waals surface area contributed by atoms with E-state index < -0.39 is 23.3 Å². The summed E-state index contributed by atoms with van der Waals surface area (Å²) < 4.78 is 14.7. The molecule has 3 N–H and O–H groups in total. The maximum Gasteiger partial charge on any atom is 0.278 e. The Morgan fingerprint density at radius 2 is 1.91 bits per heavy atom. The number of carbonyl (C=O) groups is 2. The first-order chi connectivity index (χ1) is 16.9. The van der Waals surface area contributed by atoms with Crippen LogP contribution in [0, 0.1) is 5.82 Å². The SMILES string of the molecule is CN[C@@H](C)C(=O)Nc1cnc(-c2ccc(F)cc2)n(CC(=O)N[C@@H]2CCCc3ccccc32)c1=O. The number of amides is 2. The van der Waals surface area contributed by atoms with Gasteiger partial charge in [0.25, 0.3) is 5.56 Å². The Bertz CT molecular complexity index is 1290. The maximum absolute atomic E-state index is 13.5. The third-order valence-corrected chi connectivity index (χ3v) is 6.24. The molecule has 1 heterocycles. The summed E-state index contributed by atoms with van der Waals surface area (Å²) in [5.41, 5.74) is 2.14. The molecule has 8 nitrogen and oxygen atoms in total. The summed E-state index contributed by atoms with van der Waals surface area (Å²) in [7, 11) is 1.63. The summed E-state index contributed by atoms with van der Waals surface area (Å²) in [4.78, 5) is 43.1. The van der Waals surface area contributed by atoms with Crippen LogP contribution in [-0.4, -0.2) is 34.5 Å². The van der Waals surface area contributed by atoms with E-state index in [-0.39, 0.29) is 30.0 Å². The van der Waals surface area contributed by atoms with Crippen molar-refractivity contribution >= 4 is 17.5 Å². The van der Waals surface area contributed by atoms with E-state index in [2.05, 4.69) is 27.0 Å². The first kappa shape index (κ1) is 24.3. The maximum atomic E-state index is 13.5. The molecule has 2 amide bonds. The second kappa shape index (κ2) is 10.6. The minimum absolute atomic E-state index is 0.0428. The van der Waals surface area contributed by atoms with Gasteiger partial charge in [-0.05, 0) is 68.6 Å². The van der Waals surface area contributed by atoms with E-state index in [1.807, 2.05) is 18.2 Å². The van der Waals surface area contributed by atoms with Crippen LogP contribution in [0.1, 0.15) is 36.9 Å². The Morgan fingerprint density at radius 1 is 1.17 bits per heavy atom. The number of halogens is 1. The third kappa shape index (κ3) is 5.46. The second-order valence-corrected chi connectivity index (χ2v) is 8.60. The molecular formula is C26H28FN5O3. The van der Waals surface area contributed by atoms with Crippen LogP contribution in [0.5, 0.6) is 0 Å². The minimum atomic E-state index is -0.574. The molecule has 182 valence electrons. The molecule has 0 spiro atoms. The minimum Gasteiger partial charge on any atom is -0.348 e. The van der Waals surface area contributed by atoms with Gasteiger partial charge in [-0.3, -0.25) is 19.0 Å². The number of hydrogen-bond acceptors (Lipinski definition) is 5. The topological polar surface area (TPSA) is 105 Å². The molecule has 1 aliphatic carbocycles. The predicted molar refractivity (Wildman–Crippen MR) is 131 cm³/mol. The fourth-order valence-corrected chi connectivity index (χ4v) is 4.21. The number of anilines is 1. The standard InChI is InChI=1S/C26H28FN5O3/c1-16(28-2)25(34)31-22-14-29-24(18-10-12-19(27)13-11-18)32(26(22)35)15-23(33)30-21-9-5-7-17-6-3-4-8-20(17)21/h3-4,6,8,10-14,16,21,28H,5,7,9,15H2,1-2H3,(H,30,33)(H,31,34)/t16-,21+/m0/s1. The van der Waals surface area contributed by atoms with Crippen molar-refractivity contribution in [2.24, 2.45) is 0 Å². The number of rotatable bonds is 7. The Balaban J connectivity index is 1.65. The molecule has 1 aliphatic rings. The zero-order valence-corrected chi connectivity index (χ0v) is 19.7. The van der Waals surface area contributed by atoms with E-state index in [9.17, 15) is 18.8 Å². The van der Waals surface area contributed by atoms with Crippen molar-refractivity contribution in [1.29, 1.82) is 0 Å². The van der Waals surface area contributed by atoms with Gasteiger partial charge in [0.05, 0.1) is 18.3 Å². The second-order valence-electron chi connectivity index (χ2n) is 8.60. The number of fused-ring (bicyclic) bond motifs is 1. The molecule has 1 aromatic heterocycles. The van der Waals surface area contributed by atoms with Crippen molar-refractivity contribution < 1.29 is 14.0 Å². The Labute approximate surface area is 202 Å². The zero-order chi connectivity index (χ0) is 24.9. The molecular weight excluding hydrogens is 449 g/mol. The fraction of sp³-hybridized carbons (Fsp3) is 0.308. The molecule has 0 radical (unpaired) electrons. The lowest BCUT2D eigenvalue weighted by Gasteiger charge is -2.26. The summed E-state index contributed by atoms with van der Waals surface area (Å²) >= 11 is 0. The van der Waals surface area contributed by atoms with E-state index in [0.29, 0.717) is 5.56 Å². The van der Waals surface area contributed by atoms with E-state index >= 15 is 0 Å². The molecule has 2 aromatic carbocycles. The number of nitrogens with one attached hydrogen (secondary N) is 3. The number of aryl methyl sites for hydroxylation is 1. The molecule has 0 saturated carbocycles. The van der Waals surface area contributed by atoms with Crippen molar-refractivity contribution in [3.05, 3.63) is 82.0 Å². The average molecular weight is 478 g/mol. The van der Waals surface area contributed by atoms with Crippen LogP contribution >= 0.6 is 0 Å². The zero-order valence-electron chi connectivity index (χ0n) is 19.7. The van der Waals surface area contributed by atoms with Crippen LogP contribution in [0.4, 0.5) is 10.1 Å². The number of nitrogens with zero attached hydrogens (tertiary/aromatic N) is 2. The smallest absolute Gasteiger partial charge is 0.278 e. The van der Waals surface area contributed by atoms with Gasteiger partial charge in [-0.25, -0.2) is 9.37 Å². The Morgan fingerprint density at radius 3 is 2.66 bits per heavy atom. The largest absolute Gasteiger partial charge is 0.348 e. The van der Waals surface area contributed by atoms with Gasteiger partial charge in [-0.1, -0.05) is 24.3 Å². The van der Waals surface area contributed by atoms with E-state index in [0.717, 1.165) is 24.8 Å². The Kier molecular flexibility index (Phi) is 7.36. The van der Waals surface area contributed by atoms with Crippen LogP contribution in [-0.2, 0) is 22.6 Å². The lowest BCUT2D eigenvalue weighted by Crippen LogP contribution is -2.40. The first-order valence-corrected chi connectivity index (χ1v) is 11.6. The van der Waals surface area contributed by atoms with Crippen molar-refractivity contribution in [1.82, 2.24) is 20.2 Å². The van der Waals surface area contributed by atoms with Gasteiger partial charge >= 0.3 is 0 Å². The van der Waals surface area contributed by atoms with E-state index in [1.54, 1.807) is 14.0 Å². The summed E-state index contributed by atoms with van der Waals surface area (Å²) in [5.74, 6) is -0.989. The quantitative estimate of drug-likeness (QED) is 0.485. The van der Waals surface area contributed by atoms with Gasteiger partial charge < -0.3 is 16.0 Å². The monoisotopic (exact) mass is 477 g/mol. The van der Waals surface area contributed by atoms with Crippen molar-refractivity contribution in [3.63, 3.8) is 0 Å². The highest BCUT2D eigenvalue weighted by Crippen LogP contribution is 2.29. The lowest BCUT2D eigenvalue weighted by atomic mass is 9.88. The number of carbonyl (C=O) groups excluding carboxylic acids is 2. The van der Waals surface area contributed by atoms with E-state index in [1.165, 1.54) is 40.6 Å². The summed E-state index contributed by atoms with van der Waals surface area (Å²) in [5, 5.41) is 8.42. The van der Waals surface area contributed by atoms with Crippen molar-refractivity contribution in [2.45, 2.75) is 44.8 Å². The number of likely N-dealkylation sites (N-methyl/N-ethyl adjacent to an activating group) is 1. The highest BCUT2D eigenvalue weighted by Gasteiger charge is 2.23. The van der Waals surface area contributed by atoms with Gasteiger partial charge in [-0.15, -0.1) is 0 Å². The van der Waals surface area contributed by atoms with Gasteiger partial charge in [0.2, 0.25) is 11.8 Å². The number of benzene rings is 2. The van der Waals surface area contributed by atoms with Crippen molar-refractivity contribution in [2.75, 3.05) is 12.4 Å². The summed E-state index contributed by atoms with van der Waals surface area (Å²) in [6.45, 7) is 1.35. The molecule has 0 bridgehead atoms. The van der Waals surface area contributed by atoms with Gasteiger partial charge in [-0.2, -0.15) is 0 Å². The van der Waals surface area contributed by atoms with Crippen LogP contribution in [0.3, 0.4) is 0 Å².